The summed E-state index contributed by atoms with van der Waals surface area (Å²) in [6.07, 6.45) is 0. The monoisotopic (exact) mass is 347 g/mol. The summed E-state index contributed by atoms with van der Waals surface area (Å²) in [5.41, 5.74) is 1.47. The number of anilines is 1. The molecule has 7 heteroatoms. The first-order valence-electron chi connectivity index (χ1n) is 7.41. The van der Waals surface area contributed by atoms with E-state index >= 15 is 0 Å². The SMILES string of the molecule is CC(=O)c1cccc(S(=O)(=O)Nc2cc3c(cc2C)OCCO3)c1. The second-order valence-electron chi connectivity index (χ2n) is 5.50. The van der Waals surface area contributed by atoms with Crippen LogP contribution in [-0.4, -0.2) is 27.4 Å². The van der Waals surface area contributed by atoms with Gasteiger partial charge in [0.05, 0.1) is 10.6 Å². The summed E-state index contributed by atoms with van der Waals surface area (Å²) in [4.78, 5) is 11.5. The van der Waals surface area contributed by atoms with E-state index in [0.29, 0.717) is 41.5 Å². The van der Waals surface area contributed by atoms with Crippen LogP contribution < -0.4 is 14.2 Å². The van der Waals surface area contributed by atoms with Gasteiger partial charge in [0.2, 0.25) is 0 Å². The molecule has 24 heavy (non-hydrogen) atoms. The van der Waals surface area contributed by atoms with Gasteiger partial charge in [-0.2, -0.15) is 0 Å². The van der Waals surface area contributed by atoms with E-state index in [1.54, 1.807) is 31.2 Å². The largest absolute Gasteiger partial charge is 0.486 e. The highest BCUT2D eigenvalue weighted by atomic mass is 32.2. The van der Waals surface area contributed by atoms with Crippen LogP contribution >= 0.6 is 0 Å². The molecule has 0 aromatic heterocycles. The lowest BCUT2D eigenvalue weighted by Gasteiger charge is -2.20. The van der Waals surface area contributed by atoms with E-state index in [4.69, 9.17) is 9.47 Å². The van der Waals surface area contributed by atoms with Crippen molar-refractivity contribution >= 4 is 21.5 Å². The number of nitrogens with one attached hydrogen (secondary N) is 1. The van der Waals surface area contributed by atoms with Crippen molar-refractivity contribution < 1.29 is 22.7 Å². The molecule has 0 fully saturated rings. The number of Topliss-reactive ketones (excluding diaryl/α,β-unsaturated/α-hetero) is 1. The molecule has 3 rings (SSSR count). The third-order valence-corrected chi connectivity index (χ3v) is 5.05. The molecule has 0 bridgehead atoms. The molecule has 0 unspecified atom stereocenters. The Labute approximate surface area is 140 Å². The van der Waals surface area contributed by atoms with Crippen molar-refractivity contribution in [1.29, 1.82) is 0 Å². The molecule has 0 saturated carbocycles. The predicted octanol–water partition coefficient (Wildman–Crippen LogP) is 2.77. The van der Waals surface area contributed by atoms with E-state index in [1.165, 1.54) is 19.1 Å². The van der Waals surface area contributed by atoms with Crippen LogP contribution in [0, 0.1) is 6.92 Å². The number of hydrogen-bond donors (Lipinski definition) is 1. The van der Waals surface area contributed by atoms with Crippen molar-refractivity contribution in [3.63, 3.8) is 0 Å². The Bertz CT molecular complexity index is 905. The van der Waals surface area contributed by atoms with Crippen LogP contribution in [0.2, 0.25) is 0 Å². The molecule has 6 nitrogen and oxygen atoms in total. The average Bonchev–Trinajstić information content (AvgIpc) is 2.55. The molecule has 1 aliphatic heterocycles. The molecule has 0 saturated heterocycles. The molecule has 0 radical (unpaired) electrons. The zero-order valence-corrected chi connectivity index (χ0v) is 14.1. The molecule has 1 aliphatic rings. The van der Waals surface area contributed by atoms with Crippen molar-refractivity contribution in [2.75, 3.05) is 17.9 Å². The summed E-state index contributed by atoms with van der Waals surface area (Å²) in [7, 11) is -3.82. The number of sulfonamides is 1. The van der Waals surface area contributed by atoms with E-state index in [2.05, 4.69) is 4.72 Å². The number of carbonyl (C=O) groups excluding carboxylic acids is 1. The number of aryl methyl sites for hydroxylation is 1. The highest BCUT2D eigenvalue weighted by Gasteiger charge is 2.20. The zero-order valence-electron chi connectivity index (χ0n) is 13.3. The summed E-state index contributed by atoms with van der Waals surface area (Å²) in [6, 6.07) is 9.27. The maximum atomic E-state index is 12.6. The number of ketones is 1. The molecule has 126 valence electrons. The lowest BCUT2D eigenvalue weighted by molar-refractivity contribution is 0.101. The normalized spacial score (nSPS) is 13.4. The summed E-state index contributed by atoms with van der Waals surface area (Å²) in [6.45, 7) is 4.06. The molecule has 1 N–H and O–H groups in total. The van der Waals surface area contributed by atoms with Gasteiger partial charge in [0.1, 0.15) is 13.2 Å². The van der Waals surface area contributed by atoms with Gasteiger partial charge >= 0.3 is 0 Å². The Morgan fingerprint density at radius 3 is 2.42 bits per heavy atom. The van der Waals surface area contributed by atoms with Crippen LogP contribution in [0.5, 0.6) is 11.5 Å². The summed E-state index contributed by atoms with van der Waals surface area (Å²) in [5, 5.41) is 0. The Hall–Kier alpha value is -2.54. The Kier molecular flexibility index (Phi) is 4.19. The summed E-state index contributed by atoms with van der Waals surface area (Å²) < 4.78 is 38.7. The lowest BCUT2D eigenvalue weighted by atomic mass is 10.2. The first-order valence-corrected chi connectivity index (χ1v) is 8.89. The van der Waals surface area contributed by atoms with Crippen LogP contribution in [0.1, 0.15) is 22.8 Å². The minimum absolute atomic E-state index is 0.0319. The van der Waals surface area contributed by atoms with Crippen molar-refractivity contribution in [2.24, 2.45) is 0 Å². The molecule has 0 amide bonds. The lowest BCUT2D eigenvalue weighted by Crippen LogP contribution is -2.17. The minimum atomic E-state index is -3.82. The second-order valence-corrected chi connectivity index (χ2v) is 7.18. The van der Waals surface area contributed by atoms with Gasteiger partial charge in [0.25, 0.3) is 10.0 Å². The van der Waals surface area contributed by atoms with E-state index in [-0.39, 0.29) is 10.7 Å². The van der Waals surface area contributed by atoms with Crippen LogP contribution in [0.3, 0.4) is 0 Å². The van der Waals surface area contributed by atoms with Crippen LogP contribution in [0.15, 0.2) is 41.3 Å². The maximum absolute atomic E-state index is 12.6. The summed E-state index contributed by atoms with van der Waals surface area (Å²) in [5.74, 6) is 0.907. The maximum Gasteiger partial charge on any atom is 0.261 e. The van der Waals surface area contributed by atoms with Crippen molar-refractivity contribution in [2.45, 2.75) is 18.7 Å². The quantitative estimate of drug-likeness (QED) is 0.860. The number of benzene rings is 2. The van der Waals surface area contributed by atoms with Crippen LogP contribution in [0.25, 0.3) is 0 Å². The second kappa shape index (κ2) is 6.16. The smallest absolute Gasteiger partial charge is 0.261 e. The minimum Gasteiger partial charge on any atom is -0.486 e. The van der Waals surface area contributed by atoms with Gasteiger partial charge in [0.15, 0.2) is 17.3 Å². The Balaban J connectivity index is 1.95. The molecule has 0 atom stereocenters. The zero-order chi connectivity index (χ0) is 17.3. The van der Waals surface area contributed by atoms with Crippen molar-refractivity contribution in [3.8, 4) is 11.5 Å². The van der Waals surface area contributed by atoms with Crippen LogP contribution in [0.4, 0.5) is 5.69 Å². The molecular weight excluding hydrogens is 330 g/mol. The fraction of sp³-hybridized carbons (Fsp3) is 0.235. The van der Waals surface area contributed by atoms with Crippen molar-refractivity contribution in [3.05, 3.63) is 47.5 Å². The van der Waals surface area contributed by atoms with Gasteiger partial charge in [-0.15, -0.1) is 0 Å². The van der Waals surface area contributed by atoms with Crippen LogP contribution in [-0.2, 0) is 10.0 Å². The Morgan fingerprint density at radius 2 is 1.75 bits per heavy atom. The molecular formula is C17H17NO5S. The molecule has 0 spiro atoms. The number of hydrogen-bond acceptors (Lipinski definition) is 5. The van der Waals surface area contributed by atoms with Gasteiger partial charge in [-0.05, 0) is 37.6 Å². The first kappa shape index (κ1) is 16.3. The van der Waals surface area contributed by atoms with E-state index in [0.717, 1.165) is 0 Å². The highest BCUT2D eigenvalue weighted by Crippen LogP contribution is 2.36. The molecule has 1 heterocycles. The number of rotatable bonds is 4. The Morgan fingerprint density at radius 1 is 1.08 bits per heavy atom. The standard InChI is InChI=1S/C17H17NO5S/c1-11-8-16-17(23-7-6-22-16)10-15(11)18-24(20,21)14-5-3-4-13(9-14)12(2)19/h3-5,8-10,18H,6-7H2,1-2H3. The average molecular weight is 347 g/mol. The first-order chi connectivity index (χ1) is 11.4. The third kappa shape index (κ3) is 3.21. The number of fused-ring (bicyclic) bond motifs is 1. The molecule has 2 aromatic carbocycles. The summed E-state index contributed by atoms with van der Waals surface area (Å²) >= 11 is 0. The van der Waals surface area contributed by atoms with Gasteiger partial charge in [0, 0.05) is 11.6 Å². The van der Waals surface area contributed by atoms with Gasteiger partial charge in [-0.3, -0.25) is 9.52 Å². The topological polar surface area (TPSA) is 81.7 Å². The fourth-order valence-corrected chi connectivity index (χ4v) is 3.55. The predicted molar refractivity (Wildman–Crippen MR) is 89.4 cm³/mol. The van der Waals surface area contributed by atoms with E-state index < -0.39 is 10.0 Å². The fourth-order valence-electron chi connectivity index (χ4n) is 2.39. The van der Waals surface area contributed by atoms with Gasteiger partial charge < -0.3 is 9.47 Å². The van der Waals surface area contributed by atoms with Gasteiger partial charge in [-0.1, -0.05) is 12.1 Å². The van der Waals surface area contributed by atoms with Gasteiger partial charge in [-0.25, -0.2) is 8.42 Å². The number of ether oxygens (including phenoxy) is 2. The third-order valence-electron chi connectivity index (χ3n) is 3.68. The number of carbonyl (C=O) groups is 1. The molecule has 2 aromatic rings. The molecule has 0 aliphatic carbocycles. The van der Waals surface area contributed by atoms with Crippen molar-refractivity contribution in [1.82, 2.24) is 0 Å². The highest BCUT2D eigenvalue weighted by molar-refractivity contribution is 7.92. The van der Waals surface area contributed by atoms with E-state index in [9.17, 15) is 13.2 Å². The van der Waals surface area contributed by atoms with E-state index in [1.807, 2.05) is 0 Å².